The van der Waals surface area contributed by atoms with Crippen molar-refractivity contribution in [2.75, 3.05) is 18.6 Å². The van der Waals surface area contributed by atoms with Crippen LogP contribution in [0.25, 0.3) is 10.8 Å². The first-order chi connectivity index (χ1) is 10.3. The molecular weight excluding hydrogens is 302 g/mol. The molecule has 1 amide bonds. The highest BCUT2D eigenvalue weighted by Gasteiger charge is 2.15. The van der Waals surface area contributed by atoms with Crippen molar-refractivity contribution in [3.63, 3.8) is 0 Å². The van der Waals surface area contributed by atoms with E-state index in [1.165, 1.54) is 0 Å². The highest BCUT2D eigenvalue weighted by atomic mass is 32.2. The van der Waals surface area contributed by atoms with E-state index in [1.807, 2.05) is 42.5 Å². The number of rotatable bonds is 6. The van der Waals surface area contributed by atoms with Crippen molar-refractivity contribution in [1.82, 2.24) is 5.32 Å². The first kappa shape index (κ1) is 16.3. The van der Waals surface area contributed by atoms with Gasteiger partial charge in [0, 0.05) is 12.8 Å². The van der Waals surface area contributed by atoms with Crippen molar-refractivity contribution in [1.29, 1.82) is 0 Å². The molecule has 0 unspecified atom stereocenters. The van der Waals surface area contributed by atoms with Crippen LogP contribution >= 0.6 is 0 Å². The molecule has 5 nitrogen and oxygen atoms in total. The Bertz CT molecular complexity index is 771. The smallest absolute Gasteiger partial charge is 0.260 e. The average Bonchev–Trinajstić information content (AvgIpc) is 2.45. The lowest BCUT2D eigenvalue weighted by Gasteiger charge is -2.15. The number of amides is 1. The molecule has 0 aliphatic carbocycles. The first-order valence-corrected chi connectivity index (χ1v) is 9.02. The van der Waals surface area contributed by atoms with Gasteiger partial charge in [-0.1, -0.05) is 30.3 Å². The van der Waals surface area contributed by atoms with E-state index in [2.05, 4.69) is 5.32 Å². The van der Waals surface area contributed by atoms with Crippen molar-refractivity contribution in [3.05, 3.63) is 42.5 Å². The number of carbonyl (C=O) groups is 1. The third-order valence-electron chi connectivity index (χ3n) is 3.18. The minimum atomic E-state index is -3.08. The quantitative estimate of drug-likeness (QED) is 0.880. The summed E-state index contributed by atoms with van der Waals surface area (Å²) in [5.41, 5.74) is 0. The molecule has 0 saturated heterocycles. The van der Waals surface area contributed by atoms with Gasteiger partial charge >= 0.3 is 0 Å². The fourth-order valence-electron chi connectivity index (χ4n) is 2.00. The van der Waals surface area contributed by atoms with Crippen molar-refractivity contribution in [2.45, 2.75) is 13.0 Å². The standard InChI is InChI=1S/C16H19NO4S/c1-12(16(18)17-9-10-22(2,19)20)21-15-8-7-13-5-3-4-6-14(13)11-15/h3-8,11-12H,9-10H2,1-2H3,(H,17,18)/t12-/m0/s1. The molecule has 0 saturated carbocycles. The fraction of sp³-hybridized carbons (Fsp3) is 0.312. The molecule has 0 aliphatic rings. The number of ether oxygens (including phenoxy) is 1. The first-order valence-electron chi connectivity index (χ1n) is 6.96. The van der Waals surface area contributed by atoms with Crippen LogP contribution in [0.5, 0.6) is 5.75 Å². The van der Waals surface area contributed by atoms with Gasteiger partial charge in [0.1, 0.15) is 15.6 Å². The Morgan fingerprint density at radius 2 is 1.86 bits per heavy atom. The van der Waals surface area contributed by atoms with E-state index in [9.17, 15) is 13.2 Å². The lowest BCUT2D eigenvalue weighted by atomic mass is 10.1. The van der Waals surface area contributed by atoms with Crippen LogP contribution in [0.2, 0.25) is 0 Å². The van der Waals surface area contributed by atoms with Crippen molar-refractivity contribution < 1.29 is 17.9 Å². The SMILES string of the molecule is C[C@H](Oc1ccc2ccccc2c1)C(=O)NCCS(C)(=O)=O. The molecule has 2 aromatic rings. The molecule has 0 heterocycles. The van der Waals surface area contributed by atoms with Gasteiger partial charge in [-0.25, -0.2) is 8.42 Å². The predicted octanol–water partition coefficient (Wildman–Crippen LogP) is 1.77. The predicted molar refractivity (Wildman–Crippen MR) is 86.8 cm³/mol. The Morgan fingerprint density at radius 1 is 1.18 bits per heavy atom. The Morgan fingerprint density at radius 3 is 2.55 bits per heavy atom. The molecule has 0 aromatic heterocycles. The molecule has 6 heteroatoms. The number of fused-ring (bicyclic) bond motifs is 1. The van der Waals surface area contributed by atoms with Gasteiger partial charge in [0.25, 0.3) is 5.91 Å². The van der Waals surface area contributed by atoms with Gasteiger partial charge in [0.15, 0.2) is 6.10 Å². The maximum absolute atomic E-state index is 11.9. The molecule has 1 N–H and O–H groups in total. The lowest BCUT2D eigenvalue weighted by molar-refractivity contribution is -0.127. The summed E-state index contributed by atoms with van der Waals surface area (Å²) in [6, 6.07) is 13.5. The highest BCUT2D eigenvalue weighted by Crippen LogP contribution is 2.21. The molecule has 0 fully saturated rings. The number of carbonyl (C=O) groups excluding carboxylic acids is 1. The van der Waals surface area contributed by atoms with Gasteiger partial charge in [-0.3, -0.25) is 4.79 Å². The Kier molecular flexibility index (Phi) is 5.03. The molecule has 2 rings (SSSR count). The number of nitrogens with one attached hydrogen (secondary N) is 1. The maximum Gasteiger partial charge on any atom is 0.260 e. The van der Waals surface area contributed by atoms with Crippen LogP contribution in [0.3, 0.4) is 0 Å². The van der Waals surface area contributed by atoms with E-state index in [4.69, 9.17) is 4.74 Å². The number of benzene rings is 2. The van der Waals surface area contributed by atoms with Crippen molar-refractivity contribution in [3.8, 4) is 5.75 Å². The van der Waals surface area contributed by atoms with Gasteiger partial charge in [-0.15, -0.1) is 0 Å². The molecule has 1 atom stereocenters. The molecule has 22 heavy (non-hydrogen) atoms. The van der Waals surface area contributed by atoms with Gasteiger partial charge in [0.2, 0.25) is 0 Å². The van der Waals surface area contributed by atoms with Gasteiger partial charge in [-0.05, 0) is 29.8 Å². The normalized spacial score (nSPS) is 12.8. The van der Waals surface area contributed by atoms with Crippen LogP contribution in [-0.2, 0) is 14.6 Å². The van der Waals surface area contributed by atoms with Crippen LogP contribution in [0.4, 0.5) is 0 Å². The monoisotopic (exact) mass is 321 g/mol. The lowest BCUT2D eigenvalue weighted by Crippen LogP contribution is -2.38. The zero-order valence-electron chi connectivity index (χ0n) is 12.6. The van der Waals surface area contributed by atoms with E-state index < -0.39 is 15.9 Å². The molecular formula is C16H19NO4S. The van der Waals surface area contributed by atoms with Crippen LogP contribution in [-0.4, -0.2) is 39.0 Å². The Hall–Kier alpha value is -2.08. The summed E-state index contributed by atoms with van der Waals surface area (Å²) >= 11 is 0. The molecule has 0 bridgehead atoms. The second-order valence-corrected chi connectivity index (χ2v) is 7.45. The minimum absolute atomic E-state index is 0.0819. The second kappa shape index (κ2) is 6.79. The Balaban J connectivity index is 1.94. The molecule has 0 spiro atoms. The van der Waals surface area contributed by atoms with Crippen LogP contribution in [0.1, 0.15) is 6.92 Å². The fourth-order valence-corrected chi connectivity index (χ4v) is 2.47. The number of hydrogen-bond acceptors (Lipinski definition) is 4. The topological polar surface area (TPSA) is 72.5 Å². The molecule has 2 aromatic carbocycles. The zero-order valence-corrected chi connectivity index (χ0v) is 13.4. The summed E-state index contributed by atoms with van der Waals surface area (Å²) in [6.45, 7) is 1.72. The van der Waals surface area contributed by atoms with Crippen molar-refractivity contribution in [2.24, 2.45) is 0 Å². The van der Waals surface area contributed by atoms with Gasteiger partial charge in [-0.2, -0.15) is 0 Å². The molecule has 118 valence electrons. The minimum Gasteiger partial charge on any atom is -0.481 e. The summed E-state index contributed by atoms with van der Waals surface area (Å²) in [5, 5.41) is 4.68. The molecule has 0 aliphatic heterocycles. The van der Waals surface area contributed by atoms with E-state index >= 15 is 0 Å². The average molecular weight is 321 g/mol. The van der Waals surface area contributed by atoms with E-state index in [0.717, 1.165) is 17.0 Å². The van der Waals surface area contributed by atoms with E-state index in [0.29, 0.717) is 5.75 Å². The summed E-state index contributed by atoms with van der Waals surface area (Å²) in [4.78, 5) is 11.9. The third kappa shape index (κ3) is 4.73. The summed E-state index contributed by atoms with van der Waals surface area (Å²) in [6.07, 6.45) is 0.439. The van der Waals surface area contributed by atoms with Crippen LogP contribution < -0.4 is 10.1 Å². The van der Waals surface area contributed by atoms with Gasteiger partial charge < -0.3 is 10.1 Å². The van der Waals surface area contributed by atoms with E-state index in [1.54, 1.807) is 6.92 Å². The van der Waals surface area contributed by atoms with Crippen LogP contribution in [0, 0.1) is 0 Å². The Labute approximate surface area is 130 Å². The largest absolute Gasteiger partial charge is 0.481 e. The van der Waals surface area contributed by atoms with Gasteiger partial charge in [0.05, 0.1) is 5.75 Å². The zero-order chi connectivity index (χ0) is 16.2. The maximum atomic E-state index is 11.9. The summed E-state index contributed by atoms with van der Waals surface area (Å²) in [5.74, 6) is 0.183. The number of sulfone groups is 1. The van der Waals surface area contributed by atoms with Crippen LogP contribution in [0.15, 0.2) is 42.5 Å². The second-order valence-electron chi connectivity index (χ2n) is 5.19. The summed E-state index contributed by atoms with van der Waals surface area (Å²) in [7, 11) is -3.08. The number of hydrogen-bond donors (Lipinski definition) is 1. The van der Waals surface area contributed by atoms with Crippen molar-refractivity contribution >= 4 is 26.5 Å². The van der Waals surface area contributed by atoms with E-state index in [-0.39, 0.29) is 18.2 Å². The molecule has 0 radical (unpaired) electrons. The summed E-state index contributed by atoms with van der Waals surface area (Å²) < 4.78 is 27.6. The highest BCUT2D eigenvalue weighted by molar-refractivity contribution is 7.90. The third-order valence-corrected chi connectivity index (χ3v) is 4.12.